The van der Waals surface area contributed by atoms with E-state index in [2.05, 4.69) is 5.16 Å². The van der Waals surface area contributed by atoms with Crippen LogP contribution in [0, 0.1) is 23.7 Å². The molecular weight excluding hydrogens is 230 g/mol. The van der Waals surface area contributed by atoms with E-state index in [0.29, 0.717) is 17.5 Å². The largest absolute Gasteiger partial charge is 0.331 e. The number of rotatable bonds is 1. The summed E-state index contributed by atoms with van der Waals surface area (Å²) in [5.74, 6) is 1.28. The van der Waals surface area contributed by atoms with E-state index < -0.39 is 5.97 Å². The third kappa shape index (κ3) is 1.78. The van der Waals surface area contributed by atoms with Gasteiger partial charge in [-0.15, -0.1) is 0 Å². The van der Waals surface area contributed by atoms with Crippen molar-refractivity contribution in [2.45, 2.75) is 45.4 Å². The summed E-state index contributed by atoms with van der Waals surface area (Å²) in [4.78, 5) is 27.9. The first-order valence-electron chi connectivity index (χ1n) is 6.98. The monoisotopic (exact) mass is 249 g/mol. The molecule has 0 spiro atoms. The quantitative estimate of drug-likeness (QED) is 0.529. The van der Waals surface area contributed by atoms with Crippen LogP contribution in [0.15, 0.2) is 5.16 Å². The summed E-state index contributed by atoms with van der Waals surface area (Å²) in [6.45, 7) is 1.32. The van der Waals surface area contributed by atoms with Gasteiger partial charge in [-0.3, -0.25) is 4.79 Å². The summed E-state index contributed by atoms with van der Waals surface area (Å²) in [7, 11) is 0. The van der Waals surface area contributed by atoms with Crippen molar-refractivity contribution in [1.29, 1.82) is 0 Å². The molecule has 4 nitrogen and oxygen atoms in total. The van der Waals surface area contributed by atoms with Crippen molar-refractivity contribution >= 4 is 17.5 Å². The number of ketones is 1. The third-order valence-corrected chi connectivity index (χ3v) is 4.87. The van der Waals surface area contributed by atoms with Gasteiger partial charge in [0.2, 0.25) is 0 Å². The molecule has 3 fully saturated rings. The fraction of sp³-hybridized carbons (Fsp3) is 0.786. The van der Waals surface area contributed by atoms with Crippen LogP contribution in [0.25, 0.3) is 0 Å². The molecule has 0 aromatic heterocycles. The van der Waals surface area contributed by atoms with E-state index in [-0.39, 0.29) is 17.6 Å². The van der Waals surface area contributed by atoms with E-state index in [0.717, 1.165) is 19.3 Å². The summed E-state index contributed by atoms with van der Waals surface area (Å²) in [6, 6.07) is 0. The zero-order valence-corrected chi connectivity index (χ0v) is 10.7. The van der Waals surface area contributed by atoms with Gasteiger partial charge in [-0.1, -0.05) is 30.8 Å². The predicted molar refractivity (Wildman–Crippen MR) is 65.9 cm³/mol. The van der Waals surface area contributed by atoms with Gasteiger partial charge in [-0.2, -0.15) is 0 Å². The summed E-state index contributed by atoms with van der Waals surface area (Å²) >= 11 is 0. The number of carbonyl (C=O) groups is 2. The molecule has 18 heavy (non-hydrogen) atoms. The van der Waals surface area contributed by atoms with Gasteiger partial charge in [0, 0.05) is 18.8 Å². The molecule has 4 unspecified atom stereocenters. The Kier molecular flexibility index (Phi) is 2.96. The number of Topliss-reactive ketones (excluding diaryl/α,β-unsaturated/α-hetero) is 1. The number of nitrogens with zero attached hydrogens (tertiary/aromatic N) is 1. The van der Waals surface area contributed by atoms with Gasteiger partial charge in [-0.25, -0.2) is 4.79 Å². The number of oxime groups is 1. The smallest absolute Gasteiger partial charge is 0.318 e. The van der Waals surface area contributed by atoms with Crippen LogP contribution < -0.4 is 0 Å². The zero-order chi connectivity index (χ0) is 12.7. The molecule has 0 amide bonds. The van der Waals surface area contributed by atoms with Crippen LogP contribution in [-0.4, -0.2) is 17.5 Å². The summed E-state index contributed by atoms with van der Waals surface area (Å²) in [5, 5.41) is 3.87. The first-order chi connectivity index (χ1) is 8.68. The van der Waals surface area contributed by atoms with Crippen molar-refractivity contribution in [2.24, 2.45) is 28.8 Å². The molecule has 0 N–H and O–H groups in total. The Morgan fingerprint density at radius 2 is 1.83 bits per heavy atom. The lowest BCUT2D eigenvalue weighted by Gasteiger charge is -2.39. The van der Waals surface area contributed by atoms with Crippen molar-refractivity contribution in [1.82, 2.24) is 0 Å². The normalized spacial score (nSPS) is 40.7. The van der Waals surface area contributed by atoms with Gasteiger partial charge >= 0.3 is 5.97 Å². The number of hydrogen-bond acceptors (Lipinski definition) is 4. The van der Waals surface area contributed by atoms with Crippen molar-refractivity contribution in [3.8, 4) is 0 Å². The van der Waals surface area contributed by atoms with Crippen LogP contribution in [0.5, 0.6) is 0 Å². The lowest BCUT2D eigenvalue weighted by Crippen LogP contribution is -2.33. The first-order valence-corrected chi connectivity index (χ1v) is 6.98. The van der Waals surface area contributed by atoms with E-state index in [1.807, 2.05) is 0 Å². The van der Waals surface area contributed by atoms with Gasteiger partial charge in [0.05, 0.1) is 0 Å². The van der Waals surface area contributed by atoms with Gasteiger partial charge in [0.1, 0.15) is 5.71 Å². The molecule has 0 bridgehead atoms. The summed E-state index contributed by atoms with van der Waals surface area (Å²) in [6.07, 6.45) is 6.87. The Bertz CT molecular complexity index is 413. The average molecular weight is 249 g/mol. The average Bonchev–Trinajstić information content (AvgIpc) is 2.63. The van der Waals surface area contributed by atoms with Crippen LogP contribution in [0.1, 0.15) is 45.4 Å². The molecule has 4 atom stereocenters. The van der Waals surface area contributed by atoms with Crippen LogP contribution >= 0.6 is 0 Å². The van der Waals surface area contributed by atoms with Crippen molar-refractivity contribution in [3.05, 3.63) is 0 Å². The molecular formula is C14H19NO3. The van der Waals surface area contributed by atoms with Gasteiger partial charge in [0.25, 0.3) is 0 Å². The molecule has 98 valence electrons. The molecule has 4 heteroatoms. The lowest BCUT2D eigenvalue weighted by atomic mass is 9.65. The second kappa shape index (κ2) is 4.48. The standard InChI is InChI=1S/C14H19NO3/c1-8(16)18-15-13-10-6-2-4-9-5-3-7-11(12(9)10)14(13)17/h9-12H,2-7H2,1H3/b15-13-. The molecule has 3 aliphatic carbocycles. The maximum absolute atomic E-state index is 12.4. The Balaban J connectivity index is 1.90. The first kappa shape index (κ1) is 11.9. The van der Waals surface area contributed by atoms with E-state index in [9.17, 15) is 9.59 Å². The molecule has 0 aromatic carbocycles. The van der Waals surface area contributed by atoms with E-state index in [1.54, 1.807) is 0 Å². The van der Waals surface area contributed by atoms with Crippen LogP contribution in [0.2, 0.25) is 0 Å². The fourth-order valence-corrected chi connectivity index (χ4v) is 4.28. The van der Waals surface area contributed by atoms with Crippen molar-refractivity contribution in [3.63, 3.8) is 0 Å². The van der Waals surface area contributed by atoms with Crippen LogP contribution in [0.3, 0.4) is 0 Å². The molecule has 0 heterocycles. The molecule has 0 aliphatic heterocycles. The highest BCUT2D eigenvalue weighted by molar-refractivity contribution is 6.43. The maximum Gasteiger partial charge on any atom is 0.331 e. The van der Waals surface area contributed by atoms with Crippen molar-refractivity contribution in [2.75, 3.05) is 0 Å². The SMILES string of the molecule is CC(=O)O/N=C1\C(=O)C2CCCC3CCCC1C32. The molecule has 3 rings (SSSR count). The van der Waals surface area contributed by atoms with Gasteiger partial charge in [0.15, 0.2) is 5.78 Å². The van der Waals surface area contributed by atoms with Gasteiger partial charge in [-0.05, 0) is 24.7 Å². The minimum absolute atomic E-state index is 0.151. The van der Waals surface area contributed by atoms with E-state index in [4.69, 9.17) is 4.84 Å². The van der Waals surface area contributed by atoms with E-state index in [1.165, 1.54) is 26.2 Å². The summed E-state index contributed by atoms with van der Waals surface area (Å²) < 4.78 is 0. The highest BCUT2D eigenvalue weighted by Gasteiger charge is 2.53. The number of carbonyl (C=O) groups excluding carboxylic acids is 2. The molecule has 0 saturated heterocycles. The van der Waals surface area contributed by atoms with E-state index >= 15 is 0 Å². The second-order valence-electron chi connectivity index (χ2n) is 5.84. The third-order valence-electron chi connectivity index (χ3n) is 4.87. The maximum atomic E-state index is 12.4. The second-order valence-corrected chi connectivity index (χ2v) is 5.84. The minimum Gasteiger partial charge on any atom is -0.318 e. The zero-order valence-electron chi connectivity index (χ0n) is 10.7. The summed E-state index contributed by atoms with van der Waals surface area (Å²) in [5.41, 5.74) is 0.548. The topological polar surface area (TPSA) is 55.7 Å². The highest BCUT2D eigenvalue weighted by atomic mass is 16.7. The predicted octanol–water partition coefficient (Wildman–Crippen LogP) is 2.32. The van der Waals surface area contributed by atoms with Crippen LogP contribution in [0.4, 0.5) is 0 Å². The Hall–Kier alpha value is -1.19. The molecule has 3 saturated carbocycles. The minimum atomic E-state index is -0.447. The van der Waals surface area contributed by atoms with Crippen LogP contribution in [-0.2, 0) is 14.4 Å². The Labute approximate surface area is 107 Å². The molecule has 0 radical (unpaired) electrons. The highest BCUT2D eigenvalue weighted by Crippen LogP contribution is 2.52. The van der Waals surface area contributed by atoms with Crippen molar-refractivity contribution < 1.29 is 14.4 Å². The molecule has 0 aromatic rings. The van der Waals surface area contributed by atoms with Gasteiger partial charge < -0.3 is 4.84 Å². The fourth-order valence-electron chi connectivity index (χ4n) is 4.28. The lowest BCUT2D eigenvalue weighted by molar-refractivity contribution is -0.141. The Morgan fingerprint density at radius 1 is 1.17 bits per heavy atom. The Morgan fingerprint density at radius 3 is 2.50 bits per heavy atom. The molecule has 3 aliphatic rings. The number of hydrogen-bond donors (Lipinski definition) is 0.